The van der Waals surface area contributed by atoms with Crippen LogP contribution < -0.4 is 5.32 Å². The van der Waals surface area contributed by atoms with Gasteiger partial charge < -0.3 is 15.2 Å². The summed E-state index contributed by atoms with van der Waals surface area (Å²) in [6.45, 7) is 3.41. The van der Waals surface area contributed by atoms with Gasteiger partial charge in [-0.1, -0.05) is 0 Å². The number of hydrogen-bond donors (Lipinski definition) is 2. The maximum absolute atomic E-state index is 10.6. The Morgan fingerprint density at radius 2 is 2.00 bits per heavy atom. The van der Waals surface area contributed by atoms with Gasteiger partial charge in [0.15, 0.2) is 0 Å². The molecule has 2 N–H and O–H groups in total. The van der Waals surface area contributed by atoms with Crippen molar-refractivity contribution < 1.29 is 19.4 Å². The number of rotatable bonds is 4. The molecule has 0 bridgehead atoms. The summed E-state index contributed by atoms with van der Waals surface area (Å²) >= 11 is 0. The van der Waals surface area contributed by atoms with Crippen LogP contribution in [0.15, 0.2) is 0 Å². The number of carbonyl (C=O) groups excluding carboxylic acids is 2. The largest absolute Gasteiger partial charge is 0.471 e. The van der Waals surface area contributed by atoms with E-state index in [4.69, 9.17) is 9.90 Å². The van der Waals surface area contributed by atoms with Gasteiger partial charge in [-0.15, -0.1) is 0 Å². The van der Waals surface area contributed by atoms with Crippen molar-refractivity contribution in [1.29, 1.82) is 0 Å². The van der Waals surface area contributed by atoms with Crippen molar-refractivity contribution in [3.05, 3.63) is 0 Å². The van der Waals surface area contributed by atoms with E-state index in [1.165, 1.54) is 14.0 Å². The van der Waals surface area contributed by atoms with Gasteiger partial charge in [0.2, 0.25) is 0 Å². The van der Waals surface area contributed by atoms with Gasteiger partial charge in [-0.3, -0.25) is 9.59 Å². The first kappa shape index (κ1) is 14.6. The summed E-state index contributed by atoms with van der Waals surface area (Å²) in [4.78, 5) is 19.5. The summed E-state index contributed by atoms with van der Waals surface area (Å²) < 4.78 is 3.86. The average molecular weight is 191 g/mol. The van der Waals surface area contributed by atoms with Crippen molar-refractivity contribution in [2.24, 2.45) is 0 Å². The van der Waals surface area contributed by atoms with Crippen LogP contribution in [0.1, 0.15) is 13.8 Å². The highest BCUT2D eigenvalue weighted by Gasteiger charge is 2.16. The molecule has 0 aromatic rings. The first-order chi connectivity index (χ1) is 6.01. The maximum Gasteiger partial charge on any atom is 0.292 e. The van der Waals surface area contributed by atoms with Crippen molar-refractivity contribution in [3.63, 3.8) is 0 Å². The molecule has 0 aromatic heterocycles. The summed E-state index contributed by atoms with van der Waals surface area (Å²) in [5.74, 6) is -0.0347. The highest BCUT2D eigenvalue weighted by atomic mass is 16.5. The molecule has 0 saturated carbocycles. The number of ether oxygens (including phenoxy) is 1. The highest BCUT2D eigenvalue weighted by Crippen LogP contribution is 1.91. The van der Waals surface area contributed by atoms with Gasteiger partial charge in [0.1, 0.15) is 5.78 Å². The van der Waals surface area contributed by atoms with Crippen LogP contribution in [-0.4, -0.2) is 43.7 Å². The van der Waals surface area contributed by atoms with Gasteiger partial charge in [-0.05, 0) is 20.9 Å². The van der Waals surface area contributed by atoms with E-state index in [0.29, 0.717) is 6.47 Å². The molecule has 5 nitrogen and oxygen atoms in total. The van der Waals surface area contributed by atoms with Crippen LogP contribution in [0.4, 0.5) is 0 Å². The number of aliphatic hydroxyl groups is 1. The van der Waals surface area contributed by atoms with E-state index in [-0.39, 0.29) is 5.78 Å². The van der Waals surface area contributed by atoms with Crippen LogP contribution in [0, 0.1) is 0 Å². The fourth-order valence-corrected chi connectivity index (χ4v) is 0.784. The molecule has 0 aliphatic rings. The van der Waals surface area contributed by atoms with E-state index in [9.17, 15) is 4.79 Å². The predicted octanol–water partition coefficient (Wildman–Crippen LogP) is -0.667. The molecule has 0 unspecified atom stereocenters. The zero-order valence-electron chi connectivity index (χ0n) is 8.40. The summed E-state index contributed by atoms with van der Waals surface area (Å²) in [5, 5.41) is 11.6. The lowest BCUT2D eigenvalue weighted by atomic mass is 10.1. The lowest BCUT2D eigenvalue weighted by Gasteiger charge is -2.14. The summed E-state index contributed by atoms with van der Waals surface area (Å²) in [6.07, 6.45) is -0.604. The molecule has 5 heteroatoms. The number of Topliss-reactive ketones (excluding diaryl/α,β-unsaturated/α-hetero) is 1. The van der Waals surface area contributed by atoms with Crippen molar-refractivity contribution in [1.82, 2.24) is 5.32 Å². The summed E-state index contributed by atoms with van der Waals surface area (Å²) in [6, 6.07) is -0.412. The number of ketones is 1. The zero-order chi connectivity index (χ0) is 10.9. The maximum atomic E-state index is 10.6. The number of carbonyl (C=O) groups is 2. The Bertz CT molecular complexity index is 147. The average Bonchev–Trinajstić information content (AvgIpc) is 2.04. The minimum atomic E-state index is -0.604. The van der Waals surface area contributed by atoms with E-state index in [1.807, 2.05) is 0 Å². The molecule has 78 valence electrons. The van der Waals surface area contributed by atoms with Gasteiger partial charge in [0, 0.05) is 0 Å². The van der Waals surface area contributed by atoms with Crippen molar-refractivity contribution in [2.45, 2.75) is 26.0 Å². The molecule has 0 saturated heterocycles. The minimum Gasteiger partial charge on any atom is -0.471 e. The predicted molar refractivity (Wildman–Crippen MR) is 48.3 cm³/mol. The molecule has 0 aliphatic carbocycles. The lowest BCUT2D eigenvalue weighted by molar-refractivity contribution is -0.126. The summed E-state index contributed by atoms with van der Waals surface area (Å²) in [5.41, 5.74) is 0. The second kappa shape index (κ2) is 9.15. The molecule has 0 aromatic carbocycles. The standard InChI is InChI=1S/C6H13NO2.C2H4O2/c1-4(8)6(7-3)5(2)9;1-4-2-3/h4,6-8H,1-3H3;2H,1H3/t4-,6+;/m1./s1. The first-order valence-electron chi connectivity index (χ1n) is 3.83. The summed E-state index contributed by atoms with van der Waals surface area (Å²) in [7, 11) is 2.96. The Morgan fingerprint density at radius 3 is 2.00 bits per heavy atom. The van der Waals surface area contributed by atoms with E-state index >= 15 is 0 Å². The van der Waals surface area contributed by atoms with Crippen molar-refractivity contribution >= 4 is 12.3 Å². The molecule has 0 amide bonds. The molecule has 0 heterocycles. The Morgan fingerprint density at radius 1 is 1.62 bits per heavy atom. The Kier molecular flexibility index (Phi) is 10.3. The molecule has 0 fully saturated rings. The van der Waals surface area contributed by atoms with Gasteiger partial charge in [-0.25, -0.2) is 0 Å². The Labute approximate surface area is 78.1 Å². The second-order valence-electron chi connectivity index (χ2n) is 2.45. The fourth-order valence-electron chi connectivity index (χ4n) is 0.784. The van der Waals surface area contributed by atoms with Gasteiger partial charge in [0.05, 0.1) is 19.3 Å². The molecule has 0 rings (SSSR count). The van der Waals surface area contributed by atoms with Crippen LogP contribution in [0.5, 0.6) is 0 Å². The quantitative estimate of drug-likeness (QED) is 0.577. The molecule has 2 atom stereocenters. The SMILES string of the molecule is CN[C@H](C(C)=O)[C@@H](C)O.COC=O. The highest BCUT2D eigenvalue weighted by molar-refractivity contribution is 5.81. The Balaban J connectivity index is 0. The minimum absolute atomic E-state index is 0.0347. The second-order valence-corrected chi connectivity index (χ2v) is 2.45. The number of aliphatic hydroxyl groups excluding tert-OH is 1. The van der Waals surface area contributed by atoms with E-state index in [0.717, 1.165) is 0 Å². The third-order valence-electron chi connectivity index (χ3n) is 1.33. The van der Waals surface area contributed by atoms with Crippen LogP contribution in [-0.2, 0) is 14.3 Å². The third-order valence-corrected chi connectivity index (χ3v) is 1.33. The molecule has 0 spiro atoms. The van der Waals surface area contributed by atoms with Crippen molar-refractivity contribution in [2.75, 3.05) is 14.2 Å². The normalized spacial score (nSPS) is 13.3. The third kappa shape index (κ3) is 8.97. The van der Waals surface area contributed by atoms with E-state index < -0.39 is 12.1 Å². The van der Waals surface area contributed by atoms with Gasteiger partial charge in [-0.2, -0.15) is 0 Å². The lowest BCUT2D eigenvalue weighted by Crippen LogP contribution is -2.41. The smallest absolute Gasteiger partial charge is 0.292 e. The number of methoxy groups -OCH3 is 1. The molecule has 13 heavy (non-hydrogen) atoms. The van der Waals surface area contributed by atoms with E-state index in [1.54, 1.807) is 14.0 Å². The zero-order valence-corrected chi connectivity index (χ0v) is 8.40. The topological polar surface area (TPSA) is 75.6 Å². The molecular weight excluding hydrogens is 174 g/mol. The number of likely N-dealkylation sites (N-methyl/N-ethyl adjacent to an activating group) is 1. The van der Waals surface area contributed by atoms with Gasteiger partial charge >= 0.3 is 0 Å². The van der Waals surface area contributed by atoms with Crippen LogP contribution in [0.25, 0.3) is 0 Å². The van der Waals surface area contributed by atoms with Crippen molar-refractivity contribution in [3.8, 4) is 0 Å². The molecule has 0 radical (unpaired) electrons. The van der Waals surface area contributed by atoms with Crippen LogP contribution in [0.3, 0.4) is 0 Å². The number of hydrogen-bond acceptors (Lipinski definition) is 5. The molecular formula is C8H17NO4. The van der Waals surface area contributed by atoms with Crippen LogP contribution >= 0.6 is 0 Å². The Hall–Kier alpha value is -0.940. The number of nitrogens with one attached hydrogen (secondary N) is 1. The monoisotopic (exact) mass is 191 g/mol. The fraction of sp³-hybridized carbons (Fsp3) is 0.750. The van der Waals surface area contributed by atoms with E-state index in [2.05, 4.69) is 10.1 Å². The first-order valence-corrected chi connectivity index (χ1v) is 3.83. The van der Waals surface area contributed by atoms with Crippen LogP contribution in [0.2, 0.25) is 0 Å². The molecule has 0 aliphatic heterocycles. The van der Waals surface area contributed by atoms with Gasteiger partial charge in [0.25, 0.3) is 6.47 Å².